The van der Waals surface area contributed by atoms with E-state index < -0.39 is 28.9 Å². The average molecular weight is 358 g/mol. The third-order valence-corrected chi connectivity index (χ3v) is 6.51. The quantitative estimate of drug-likeness (QED) is 0.773. The fourth-order valence-corrected chi connectivity index (χ4v) is 5.57. The summed E-state index contributed by atoms with van der Waals surface area (Å²) in [6.07, 6.45) is 1.98. The largest absolute Gasteiger partial charge is 0.497 e. The average Bonchev–Trinajstić information content (AvgIpc) is 3.02. The van der Waals surface area contributed by atoms with Gasteiger partial charge in [0.25, 0.3) is 0 Å². The van der Waals surface area contributed by atoms with Crippen molar-refractivity contribution in [2.75, 3.05) is 14.2 Å². The van der Waals surface area contributed by atoms with Crippen LogP contribution in [0.15, 0.2) is 18.2 Å². The molecule has 6 nitrogen and oxygen atoms in total. The highest BCUT2D eigenvalue weighted by Gasteiger charge is 2.70. The van der Waals surface area contributed by atoms with Crippen LogP contribution in [-0.4, -0.2) is 37.5 Å². The molecular formula is C20H22O6. The van der Waals surface area contributed by atoms with Crippen LogP contribution in [0.2, 0.25) is 0 Å². The van der Waals surface area contributed by atoms with Crippen molar-refractivity contribution in [3.05, 3.63) is 29.3 Å². The molecule has 1 spiro atoms. The Morgan fingerprint density at radius 1 is 1.23 bits per heavy atom. The number of hydrogen-bond donors (Lipinski definition) is 0. The maximum atomic E-state index is 13.4. The number of ether oxygens (including phenoxy) is 3. The zero-order valence-electron chi connectivity index (χ0n) is 15.2. The first kappa shape index (κ1) is 17.1. The first-order valence-corrected chi connectivity index (χ1v) is 8.87. The third kappa shape index (κ3) is 2.07. The van der Waals surface area contributed by atoms with Gasteiger partial charge in [-0.3, -0.25) is 14.4 Å². The van der Waals surface area contributed by atoms with Crippen molar-refractivity contribution in [3.63, 3.8) is 0 Å². The van der Waals surface area contributed by atoms with E-state index in [1.54, 1.807) is 13.2 Å². The van der Waals surface area contributed by atoms with Gasteiger partial charge in [0.05, 0.1) is 20.1 Å². The molecule has 4 atom stereocenters. The van der Waals surface area contributed by atoms with Crippen LogP contribution in [0, 0.1) is 11.3 Å². The Morgan fingerprint density at radius 2 is 2.00 bits per heavy atom. The molecule has 0 heterocycles. The number of fused-ring (bicyclic) bond motifs is 3. The number of carbonyl (C=O) groups excluding carboxylic acids is 3. The summed E-state index contributed by atoms with van der Waals surface area (Å²) in [5, 5.41) is 0. The molecule has 0 N–H and O–H groups in total. The van der Waals surface area contributed by atoms with Gasteiger partial charge in [-0.25, -0.2) is 0 Å². The summed E-state index contributed by atoms with van der Waals surface area (Å²) in [6.45, 7) is 1.34. The minimum absolute atomic E-state index is 0.0269. The van der Waals surface area contributed by atoms with Crippen molar-refractivity contribution in [2.45, 2.75) is 44.1 Å². The van der Waals surface area contributed by atoms with Gasteiger partial charge in [0, 0.05) is 24.3 Å². The van der Waals surface area contributed by atoms with E-state index in [0.717, 1.165) is 5.56 Å². The number of carbonyl (C=O) groups is 3. The molecule has 0 saturated heterocycles. The highest BCUT2D eigenvalue weighted by molar-refractivity contribution is 6.07. The number of esters is 2. The monoisotopic (exact) mass is 358 g/mol. The van der Waals surface area contributed by atoms with E-state index in [9.17, 15) is 14.4 Å². The molecule has 3 aliphatic rings. The molecule has 26 heavy (non-hydrogen) atoms. The van der Waals surface area contributed by atoms with Crippen molar-refractivity contribution in [3.8, 4) is 5.75 Å². The molecule has 3 aliphatic carbocycles. The molecule has 1 aromatic carbocycles. The number of ketones is 1. The van der Waals surface area contributed by atoms with Gasteiger partial charge >= 0.3 is 11.9 Å². The highest BCUT2D eigenvalue weighted by Crippen LogP contribution is 2.68. The first-order chi connectivity index (χ1) is 12.4. The topological polar surface area (TPSA) is 78.9 Å². The van der Waals surface area contributed by atoms with Crippen LogP contribution >= 0.6 is 0 Å². The molecule has 2 unspecified atom stereocenters. The lowest BCUT2D eigenvalue weighted by atomic mass is 9.66. The van der Waals surface area contributed by atoms with E-state index in [-0.39, 0.29) is 11.7 Å². The third-order valence-electron chi connectivity index (χ3n) is 6.51. The smallest absolute Gasteiger partial charge is 0.312 e. The number of methoxy groups -OCH3 is 2. The van der Waals surface area contributed by atoms with Crippen molar-refractivity contribution >= 4 is 17.7 Å². The van der Waals surface area contributed by atoms with E-state index >= 15 is 0 Å². The lowest BCUT2D eigenvalue weighted by molar-refractivity contribution is -0.173. The molecule has 138 valence electrons. The maximum Gasteiger partial charge on any atom is 0.312 e. The molecule has 0 aromatic heterocycles. The van der Waals surface area contributed by atoms with Crippen molar-refractivity contribution in [2.24, 2.45) is 11.3 Å². The summed E-state index contributed by atoms with van der Waals surface area (Å²) in [7, 11) is 2.90. The normalized spacial score (nSPS) is 34.0. The fourth-order valence-electron chi connectivity index (χ4n) is 5.57. The SMILES string of the molecule is COC(=O)C1C[C@]23C[C@@]1(OC(C)=O)CCC2c1ccc(OC)cc1C3=O. The Bertz CT molecular complexity index is 815. The van der Waals surface area contributed by atoms with E-state index in [1.165, 1.54) is 14.0 Å². The van der Waals surface area contributed by atoms with Crippen molar-refractivity contribution < 1.29 is 28.6 Å². The number of Topliss-reactive ketones (excluding diaryl/α,β-unsaturated/α-hetero) is 1. The van der Waals surface area contributed by atoms with Gasteiger partial charge in [-0.2, -0.15) is 0 Å². The van der Waals surface area contributed by atoms with Gasteiger partial charge < -0.3 is 14.2 Å². The molecule has 1 aromatic rings. The van der Waals surface area contributed by atoms with Gasteiger partial charge in [0.2, 0.25) is 0 Å². The Balaban J connectivity index is 1.81. The molecule has 6 heteroatoms. The molecule has 0 aliphatic heterocycles. The molecule has 0 radical (unpaired) electrons. The summed E-state index contributed by atoms with van der Waals surface area (Å²) >= 11 is 0. The molecule has 0 amide bonds. The number of benzene rings is 1. The minimum Gasteiger partial charge on any atom is -0.497 e. The highest BCUT2D eigenvalue weighted by atomic mass is 16.6. The lowest BCUT2D eigenvalue weighted by Gasteiger charge is -2.40. The zero-order chi connectivity index (χ0) is 18.7. The lowest BCUT2D eigenvalue weighted by Crippen LogP contribution is -2.45. The fraction of sp³-hybridized carbons (Fsp3) is 0.550. The second-order valence-corrected chi connectivity index (χ2v) is 7.64. The second-order valence-electron chi connectivity index (χ2n) is 7.64. The van der Waals surface area contributed by atoms with Crippen LogP contribution in [0.4, 0.5) is 0 Å². The van der Waals surface area contributed by atoms with E-state index in [1.807, 2.05) is 12.1 Å². The molecule has 2 fully saturated rings. The standard InChI is InChI=1S/C20H22O6/c1-11(21)26-20-7-6-15-13-5-4-12(24-2)8-14(13)17(22)19(15,10-20)9-16(20)18(23)25-3/h4-5,8,15-16H,6-7,9-10H2,1-3H3/t15?,16?,19-,20-/m0/s1. The predicted octanol–water partition coefficient (Wildman–Crippen LogP) is 2.64. The second kappa shape index (κ2) is 5.56. The van der Waals surface area contributed by atoms with Crippen LogP contribution < -0.4 is 4.74 Å². The summed E-state index contributed by atoms with van der Waals surface area (Å²) in [5.74, 6) is -0.750. The van der Waals surface area contributed by atoms with Gasteiger partial charge in [-0.15, -0.1) is 0 Å². The Labute approximate surface area is 151 Å². The van der Waals surface area contributed by atoms with Gasteiger partial charge in [-0.05, 0) is 42.9 Å². The minimum atomic E-state index is -0.947. The van der Waals surface area contributed by atoms with Crippen molar-refractivity contribution in [1.82, 2.24) is 0 Å². The predicted molar refractivity (Wildman–Crippen MR) is 91.0 cm³/mol. The maximum absolute atomic E-state index is 13.4. The first-order valence-electron chi connectivity index (χ1n) is 8.87. The van der Waals surface area contributed by atoms with E-state index in [4.69, 9.17) is 14.2 Å². The van der Waals surface area contributed by atoms with Crippen LogP contribution in [0.5, 0.6) is 5.75 Å². The Hall–Kier alpha value is -2.37. The number of hydrogen-bond acceptors (Lipinski definition) is 6. The molecule has 4 rings (SSSR count). The summed E-state index contributed by atoms with van der Waals surface area (Å²) < 4.78 is 15.9. The van der Waals surface area contributed by atoms with Crippen molar-refractivity contribution in [1.29, 1.82) is 0 Å². The summed E-state index contributed by atoms with van der Waals surface area (Å²) in [5.41, 5.74) is 0.0228. The van der Waals surface area contributed by atoms with Crippen LogP contribution in [-0.2, 0) is 19.1 Å². The van der Waals surface area contributed by atoms with Gasteiger partial charge in [0.15, 0.2) is 5.78 Å². The van der Waals surface area contributed by atoms with Crippen LogP contribution in [0.25, 0.3) is 0 Å². The summed E-state index contributed by atoms with van der Waals surface area (Å²) in [6, 6.07) is 5.60. The van der Waals surface area contributed by atoms with Crippen LogP contribution in [0.1, 0.15) is 54.4 Å². The van der Waals surface area contributed by atoms with E-state index in [2.05, 4.69) is 0 Å². The molecule has 2 saturated carbocycles. The van der Waals surface area contributed by atoms with Gasteiger partial charge in [0.1, 0.15) is 11.4 Å². The Morgan fingerprint density at radius 3 is 2.65 bits per heavy atom. The Kier molecular flexibility index (Phi) is 3.65. The molecule has 2 bridgehead atoms. The van der Waals surface area contributed by atoms with Gasteiger partial charge in [-0.1, -0.05) is 6.07 Å². The van der Waals surface area contributed by atoms with Crippen LogP contribution in [0.3, 0.4) is 0 Å². The molecular weight excluding hydrogens is 336 g/mol. The number of rotatable bonds is 3. The summed E-state index contributed by atoms with van der Waals surface area (Å²) in [4.78, 5) is 37.6. The zero-order valence-corrected chi connectivity index (χ0v) is 15.2. The van der Waals surface area contributed by atoms with E-state index in [0.29, 0.717) is 37.0 Å².